The van der Waals surface area contributed by atoms with E-state index in [1.165, 1.54) is 35.7 Å². The van der Waals surface area contributed by atoms with Crippen LogP contribution >= 0.6 is 21.6 Å². The summed E-state index contributed by atoms with van der Waals surface area (Å²) >= 11 is 0. The van der Waals surface area contributed by atoms with Gasteiger partial charge in [0.1, 0.15) is 0 Å². The summed E-state index contributed by atoms with van der Waals surface area (Å²) in [5, 5.41) is 0. The van der Waals surface area contributed by atoms with Gasteiger partial charge in [-0.05, 0) is 37.1 Å². The lowest BCUT2D eigenvalue weighted by molar-refractivity contribution is 0.859. The summed E-state index contributed by atoms with van der Waals surface area (Å²) in [5.41, 5.74) is 2.61. The molecule has 0 aliphatic rings. The van der Waals surface area contributed by atoms with E-state index < -0.39 is 0 Å². The monoisotopic (exact) mass is 360 g/mol. The Morgan fingerprint density at radius 3 is 1.38 bits per heavy atom. The summed E-state index contributed by atoms with van der Waals surface area (Å²) in [7, 11) is 8.37. The highest BCUT2D eigenvalue weighted by Crippen LogP contribution is 2.23. The van der Waals surface area contributed by atoms with Crippen molar-refractivity contribution in [2.75, 3.05) is 48.5 Å². The first kappa shape index (κ1) is 19.1. The average molecular weight is 361 g/mol. The van der Waals surface area contributed by atoms with Gasteiger partial charge in [-0.3, -0.25) is 0 Å². The number of anilines is 2. The Morgan fingerprint density at radius 2 is 1.00 bits per heavy atom. The normalized spacial score (nSPS) is 10.6. The van der Waals surface area contributed by atoms with Crippen LogP contribution in [0.3, 0.4) is 0 Å². The fraction of sp³-hybridized carbons (Fsp3) is 0.400. The molecule has 0 saturated heterocycles. The van der Waals surface area contributed by atoms with Crippen LogP contribution in [0.2, 0.25) is 0 Å². The summed E-state index contributed by atoms with van der Waals surface area (Å²) in [4.78, 5) is 4.67. The second-order valence-corrected chi connectivity index (χ2v) is 8.57. The molecule has 0 radical (unpaired) electrons. The summed E-state index contributed by atoms with van der Waals surface area (Å²) in [6.07, 6.45) is 2.46. The van der Waals surface area contributed by atoms with Gasteiger partial charge in [0, 0.05) is 50.1 Å². The molecule has 0 bridgehead atoms. The molecule has 0 unspecified atom stereocenters. The van der Waals surface area contributed by atoms with E-state index in [1.807, 2.05) is 21.6 Å². The number of para-hydroxylation sites is 2. The molecule has 2 rings (SSSR count). The second-order valence-electron chi connectivity index (χ2n) is 5.87. The fourth-order valence-electron chi connectivity index (χ4n) is 2.46. The second kappa shape index (κ2) is 11.3. The number of hydrogen-bond donors (Lipinski definition) is 0. The van der Waals surface area contributed by atoms with E-state index in [1.54, 1.807) is 0 Å². The molecule has 24 heavy (non-hydrogen) atoms. The molecule has 0 amide bonds. The summed E-state index contributed by atoms with van der Waals surface area (Å²) in [6, 6.07) is 21.2. The van der Waals surface area contributed by atoms with Gasteiger partial charge in [0.2, 0.25) is 0 Å². The van der Waals surface area contributed by atoms with E-state index in [4.69, 9.17) is 0 Å². The minimum atomic E-state index is 1.12. The van der Waals surface area contributed by atoms with E-state index in [0.717, 1.165) is 13.1 Å². The van der Waals surface area contributed by atoms with E-state index in [-0.39, 0.29) is 0 Å². The molecular weight excluding hydrogens is 332 g/mol. The Balaban J connectivity index is 1.47. The van der Waals surface area contributed by atoms with Crippen LogP contribution in [0.4, 0.5) is 11.4 Å². The lowest BCUT2D eigenvalue weighted by Gasteiger charge is -2.19. The average Bonchev–Trinajstić information content (AvgIpc) is 2.65. The smallest absolute Gasteiger partial charge is 0.0363 e. The van der Waals surface area contributed by atoms with Crippen molar-refractivity contribution in [3.8, 4) is 0 Å². The molecule has 0 spiro atoms. The molecule has 2 nitrogen and oxygen atoms in total. The maximum absolute atomic E-state index is 2.33. The lowest BCUT2D eigenvalue weighted by atomic mass is 10.3. The van der Waals surface area contributed by atoms with Gasteiger partial charge in [-0.15, -0.1) is 0 Å². The molecule has 0 heterocycles. The Kier molecular flexibility index (Phi) is 9.00. The van der Waals surface area contributed by atoms with Crippen LogP contribution in [0, 0.1) is 0 Å². The van der Waals surface area contributed by atoms with Gasteiger partial charge in [0.15, 0.2) is 0 Å². The number of benzene rings is 2. The molecule has 0 N–H and O–H groups in total. The molecule has 2 aromatic carbocycles. The highest BCUT2D eigenvalue weighted by atomic mass is 33.1. The van der Waals surface area contributed by atoms with E-state index >= 15 is 0 Å². The predicted octanol–water partition coefficient (Wildman–Crippen LogP) is 5.42. The van der Waals surface area contributed by atoms with Gasteiger partial charge in [0.25, 0.3) is 0 Å². The van der Waals surface area contributed by atoms with Crippen LogP contribution in [0.1, 0.15) is 12.8 Å². The third-order valence-corrected chi connectivity index (χ3v) is 6.50. The number of hydrogen-bond acceptors (Lipinski definition) is 4. The van der Waals surface area contributed by atoms with E-state index in [0.29, 0.717) is 0 Å². The summed E-state index contributed by atoms with van der Waals surface area (Å²) < 4.78 is 0. The highest BCUT2D eigenvalue weighted by molar-refractivity contribution is 8.76. The minimum Gasteiger partial charge on any atom is -0.375 e. The van der Waals surface area contributed by atoms with Gasteiger partial charge >= 0.3 is 0 Å². The fourth-order valence-corrected chi connectivity index (χ4v) is 4.61. The maximum Gasteiger partial charge on any atom is 0.0363 e. The first-order valence-corrected chi connectivity index (χ1v) is 11.0. The maximum atomic E-state index is 2.33. The topological polar surface area (TPSA) is 6.48 Å². The first-order chi connectivity index (χ1) is 11.8. The largest absolute Gasteiger partial charge is 0.375 e. The van der Waals surface area contributed by atoms with Crippen LogP contribution in [0.5, 0.6) is 0 Å². The van der Waals surface area contributed by atoms with Crippen molar-refractivity contribution in [3.05, 3.63) is 60.7 Å². The number of nitrogens with zero attached hydrogens (tertiary/aromatic N) is 2. The molecule has 0 atom stereocenters. The van der Waals surface area contributed by atoms with Crippen LogP contribution < -0.4 is 9.80 Å². The Bertz CT molecular complexity index is 497. The number of rotatable bonds is 11. The molecule has 130 valence electrons. The minimum absolute atomic E-state index is 1.12. The van der Waals surface area contributed by atoms with Crippen molar-refractivity contribution >= 4 is 33.0 Å². The van der Waals surface area contributed by atoms with Crippen LogP contribution in [-0.2, 0) is 0 Å². The quantitative estimate of drug-likeness (QED) is 0.390. The molecule has 0 aliphatic heterocycles. The summed E-state index contributed by atoms with van der Waals surface area (Å²) in [5.74, 6) is 2.44. The predicted molar refractivity (Wildman–Crippen MR) is 114 cm³/mol. The van der Waals surface area contributed by atoms with Gasteiger partial charge in [-0.2, -0.15) is 0 Å². The van der Waals surface area contributed by atoms with Gasteiger partial charge in [-0.1, -0.05) is 58.0 Å². The molecule has 4 heteroatoms. The molecule has 0 fully saturated rings. The van der Waals surface area contributed by atoms with Gasteiger partial charge < -0.3 is 9.80 Å². The van der Waals surface area contributed by atoms with Crippen molar-refractivity contribution in [3.63, 3.8) is 0 Å². The first-order valence-electron chi connectivity index (χ1n) is 8.54. The summed E-state index contributed by atoms with van der Waals surface area (Å²) in [6.45, 7) is 2.24. The highest BCUT2D eigenvalue weighted by Gasteiger charge is 2.01. The van der Waals surface area contributed by atoms with E-state index in [2.05, 4.69) is 84.6 Å². The van der Waals surface area contributed by atoms with Crippen LogP contribution in [-0.4, -0.2) is 38.7 Å². The molecule has 2 aromatic rings. The van der Waals surface area contributed by atoms with Crippen molar-refractivity contribution in [1.29, 1.82) is 0 Å². The third kappa shape index (κ3) is 7.10. The molecule has 0 aromatic heterocycles. The van der Waals surface area contributed by atoms with Crippen molar-refractivity contribution in [2.24, 2.45) is 0 Å². The van der Waals surface area contributed by atoms with Crippen molar-refractivity contribution in [2.45, 2.75) is 12.8 Å². The Morgan fingerprint density at radius 1 is 0.625 bits per heavy atom. The Labute approximate surface area is 155 Å². The standard InChI is InChI=1S/C20H28N2S2/c1-21(19-11-5-3-6-12-19)15-9-17-23-24-18-10-16-22(2)20-13-7-4-8-14-20/h3-8,11-14H,9-10,15-18H2,1-2H3. The third-order valence-electron chi connectivity index (χ3n) is 3.92. The SMILES string of the molecule is CN(CCCSSCCCN(C)c1ccccc1)c1ccccc1. The Hall–Kier alpha value is -1.26. The zero-order chi connectivity index (χ0) is 17.0. The van der Waals surface area contributed by atoms with E-state index in [9.17, 15) is 0 Å². The van der Waals surface area contributed by atoms with Crippen LogP contribution in [0.25, 0.3) is 0 Å². The van der Waals surface area contributed by atoms with Crippen LogP contribution in [0.15, 0.2) is 60.7 Å². The zero-order valence-electron chi connectivity index (χ0n) is 14.7. The van der Waals surface area contributed by atoms with Gasteiger partial charge in [-0.25, -0.2) is 0 Å². The molecule has 0 aliphatic carbocycles. The molecular formula is C20H28N2S2. The van der Waals surface area contributed by atoms with Crippen molar-refractivity contribution < 1.29 is 0 Å². The zero-order valence-corrected chi connectivity index (χ0v) is 16.4. The van der Waals surface area contributed by atoms with Crippen molar-refractivity contribution in [1.82, 2.24) is 0 Å². The molecule has 0 saturated carbocycles. The lowest BCUT2D eigenvalue weighted by Crippen LogP contribution is -2.19. The van der Waals surface area contributed by atoms with Gasteiger partial charge in [0.05, 0.1) is 0 Å².